The molecule has 1 aliphatic heterocycles. The van der Waals surface area contributed by atoms with Crippen LogP contribution in [-0.4, -0.2) is 23.0 Å². The van der Waals surface area contributed by atoms with E-state index in [0.717, 1.165) is 71.4 Å². The van der Waals surface area contributed by atoms with Gasteiger partial charge >= 0.3 is 0 Å². The van der Waals surface area contributed by atoms with Gasteiger partial charge < -0.3 is 19.9 Å². The molecule has 2 N–H and O–H groups in total. The smallest absolute Gasteiger partial charge is 0.158 e. The van der Waals surface area contributed by atoms with E-state index in [1.807, 2.05) is 18.2 Å². The lowest BCUT2D eigenvalue weighted by Crippen LogP contribution is -2.23. The van der Waals surface area contributed by atoms with E-state index in [2.05, 4.69) is 17.4 Å². The van der Waals surface area contributed by atoms with Crippen molar-refractivity contribution in [3.05, 3.63) is 82.8 Å². The third-order valence-corrected chi connectivity index (χ3v) is 7.32. The van der Waals surface area contributed by atoms with Crippen LogP contribution in [0.15, 0.2) is 54.6 Å². The summed E-state index contributed by atoms with van der Waals surface area (Å²) < 4.78 is 26.0. The molecule has 1 aromatic heterocycles. The van der Waals surface area contributed by atoms with Gasteiger partial charge in [-0.25, -0.2) is 9.37 Å². The first-order valence-corrected chi connectivity index (χ1v) is 13.2. The average molecular weight is 491 g/mol. The van der Waals surface area contributed by atoms with Crippen molar-refractivity contribution in [2.75, 3.05) is 11.9 Å². The van der Waals surface area contributed by atoms with Gasteiger partial charge in [0.25, 0.3) is 0 Å². The molecule has 2 aliphatic rings. The Hall–Kier alpha value is -2.80. The molecule has 2 heterocycles. The Bertz CT molecular complexity index is 1130. The van der Waals surface area contributed by atoms with E-state index in [9.17, 15) is 9.50 Å². The van der Waals surface area contributed by atoms with Gasteiger partial charge in [-0.15, -0.1) is 0 Å². The zero-order valence-electron chi connectivity index (χ0n) is 20.7. The predicted octanol–water partition coefficient (Wildman–Crippen LogP) is 6.69. The van der Waals surface area contributed by atoms with E-state index in [4.69, 9.17) is 14.5 Å². The van der Waals surface area contributed by atoms with Crippen LogP contribution in [-0.2, 0) is 29.2 Å². The van der Waals surface area contributed by atoms with E-state index in [1.165, 1.54) is 25.0 Å². The Morgan fingerprint density at radius 2 is 1.69 bits per heavy atom. The van der Waals surface area contributed by atoms with Crippen LogP contribution in [0, 0.1) is 5.82 Å². The van der Waals surface area contributed by atoms with Gasteiger partial charge in [0.1, 0.15) is 11.6 Å². The summed E-state index contributed by atoms with van der Waals surface area (Å²) in [6, 6.07) is 16.7. The molecule has 1 unspecified atom stereocenters. The van der Waals surface area contributed by atoms with Gasteiger partial charge in [0, 0.05) is 30.2 Å². The number of pyridine rings is 1. The highest BCUT2D eigenvalue weighted by Gasteiger charge is 2.28. The van der Waals surface area contributed by atoms with Crippen molar-refractivity contribution in [1.29, 1.82) is 0 Å². The molecule has 0 bridgehead atoms. The third-order valence-electron chi connectivity index (χ3n) is 7.32. The normalized spacial score (nSPS) is 18.4. The van der Waals surface area contributed by atoms with E-state index in [-0.39, 0.29) is 18.7 Å². The van der Waals surface area contributed by atoms with Crippen LogP contribution in [0.5, 0.6) is 0 Å². The molecular weight excluding hydrogens is 455 g/mol. The summed E-state index contributed by atoms with van der Waals surface area (Å²) in [5.41, 5.74) is 5.54. The number of halogens is 1. The standard InChI is InChI=1S/C30H35FN2O3/c31-24-15-13-22(14-16-24)28-25(19-34)29(23-10-4-5-11-23)33-30(32-18-21-8-2-1-3-9-21)26(28)20-36-27-12-6-7-17-35-27/h1-3,8-9,13-16,23,27,34H,4-7,10-12,17-20H2,(H,32,33). The molecule has 1 aliphatic carbocycles. The number of anilines is 1. The highest BCUT2D eigenvalue weighted by molar-refractivity contribution is 5.76. The number of hydrogen-bond acceptors (Lipinski definition) is 5. The maximum absolute atomic E-state index is 13.9. The van der Waals surface area contributed by atoms with Crippen molar-refractivity contribution in [3.63, 3.8) is 0 Å². The van der Waals surface area contributed by atoms with Gasteiger partial charge in [-0.1, -0.05) is 55.3 Å². The number of nitrogens with one attached hydrogen (secondary N) is 1. The van der Waals surface area contributed by atoms with Crippen LogP contribution >= 0.6 is 0 Å². The molecule has 190 valence electrons. The van der Waals surface area contributed by atoms with Crippen molar-refractivity contribution in [3.8, 4) is 11.1 Å². The van der Waals surface area contributed by atoms with Crippen molar-refractivity contribution in [1.82, 2.24) is 4.98 Å². The molecule has 0 amide bonds. The molecule has 1 saturated carbocycles. The summed E-state index contributed by atoms with van der Waals surface area (Å²) in [7, 11) is 0. The Kier molecular flexibility index (Phi) is 8.26. The van der Waals surface area contributed by atoms with E-state index in [0.29, 0.717) is 25.7 Å². The Balaban J connectivity index is 1.60. The number of ether oxygens (including phenoxy) is 2. The van der Waals surface area contributed by atoms with E-state index < -0.39 is 0 Å². The zero-order valence-corrected chi connectivity index (χ0v) is 20.7. The summed E-state index contributed by atoms with van der Waals surface area (Å²) >= 11 is 0. The molecular formula is C30H35FN2O3. The van der Waals surface area contributed by atoms with Gasteiger partial charge in [-0.3, -0.25) is 0 Å². The fourth-order valence-electron chi connectivity index (χ4n) is 5.43. The SMILES string of the molecule is OCc1c(C2CCCC2)nc(NCc2ccccc2)c(COC2CCCCO2)c1-c1ccc(F)cc1. The third kappa shape index (κ3) is 5.77. The largest absolute Gasteiger partial charge is 0.392 e. The summed E-state index contributed by atoms with van der Waals surface area (Å²) in [6.07, 6.45) is 7.19. The number of benzene rings is 2. The Morgan fingerprint density at radius 1 is 0.944 bits per heavy atom. The molecule has 2 aromatic carbocycles. The molecule has 1 saturated heterocycles. The highest BCUT2D eigenvalue weighted by Crippen LogP contribution is 2.42. The molecule has 0 spiro atoms. The van der Waals surface area contributed by atoms with Crippen molar-refractivity contribution in [2.24, 2.45) is 0 Å². The number of aliphatic hydroxyl groups is 1. The molecule has 36 heavy (non-hydrogen) atoms. The lowest BCUT2D eigenvalue weighted by atomic mass is 9.89. The van der Waals surface area contributed by atoms with Crippen LogP contribution in [0.4, 0.5) is 10.2 Å². The first-order valence-electron chi connectivity index (χ1n) is 13.2. The van der Waals surface area contributed by atoms with Gasteiger partial charge in [0.2, 0.25) is 0 Å². The first-order chi connectivity index (χ1) is 17.7. The fourth-order valence-corrected chi connectivity index (χ4v) is 5.43. The number of hydrogen-bond donors (Lipinski definition) is 2. The zero-order chi connectivity index (χ0) is 24.7. The first kappa shape index (κ1) is 24.9. The van der Waals surface area contributed by atoms with Gasteiger partial charge in [0.15, 0.2) is 6.29 Å². The molecule has 2 fully saturated rings. The second-order valence-corrected chi connectivity index (χ2v) is 9.77. The quantitative estimate of drug-likeness (QED) is 0.350. The molecule has 5 rings (SSSR count). The number of rotatable bonds is 9. The van der Waals surface area contributed by atoms with Gasteiger partial charge in [-0.2, -0.15) is 0 Å². The molecule has 0 radical (unpaired) electrons. The summed E-state index contributed by atoms with van der Waals surface area (Å²) in [4.78, 5) is 5.14. The monoisotopic (exact) mass is 490 g/mol. The maximum atomic E-state index is 13.9. The van der Waals surface area contributed by atoms with E-state index >= 15 is 0 Å². The minimum Gasteiger partial charge on any atom is -0.392 e. The molecule has 3 aromatic rings. The summed E-state index contributed by atoms with van der Waals surface area (Å²) in [5, 5.41) is 14.2. The molecule has 6 heteroatoms. The van der Waals surface area contributed by atoms with Crippen molar-refractivity contribution >= 4 is 5.82 Å². The number of aromatic nitrogens is 1. The summed E-state index contributed by atoms with van der Waals surface area (Å²) in [5.74, 6) is 0.776. The molecule has 5 nitrogen and oxygen atoms in total. The van der Waals surface area contributed by atoms with Crippen LogP contribution in [0.1, 0.15) is 73.2 Å². The number of aliphatic hydroxyl groups excluding tert-OH is 1. The van der Waals surface area contributed by atoms with Crippen LogP contribution < -0.4 is 5.32 Å². The minimum atomic E-state index is -0.287. The second-order valence-electron chi connectivity index (χ2n) is 9.77. The predicted molar refractivity (Wildman–Crippen MR) is 139 cm³/mol. The Labute approximate surface area is 212 Å². The highest BCUT2D eigenvalue weighted by atomic mass is 19.1. The van der Waals surface area contributed by atoms with E-state index in [1.54, 1.807) is 12.1 Å². The maximum Gasteiger partial charge on any atom is 0.158 e. The minimum absolute atomic E-state index is 0.128. The second kappa shape index (κ2) is 12.0. The molecule has 1 atom stereocenters. The van der Waals surface area contributed by atoms with Crippen molar-refractivity contribution < 1.29 is 19.0 Å². The van der Waals surface area contributed by atoms with Gasteiger partial charge in [-0.05, 0) is 60.9 Å². The average Bonchev–Trinajstić information content (AvgIpc) is 3.47. The van der Waals surface area contributed by atoms with Crippen LogP contribution in [0.3, 0.4) is 0 Å². The topological polar surface area (TPSA) is 63.6 Å². The summed E-state index contributed by atoms with van der Waals surface area (Å²) in [6.45, 7) is 1.48. The van der Waals surface area contributed by atoms with Crippen LogP contribution in [0.25, 0.3) is 11.1 Å². The van der Waals surface area contributed by atoms with Crippen LogP contribution in [0.2, 0.25) is 0 Å². The number of nitrogens with zero attached hydrogens (tertiary/aromatic N) is 1. The lowest BCUT2D eigenvalue weighted by Gasteiger charge is -2.27. The lowest BCUT2D eigenvalue weighted by molar-refractivity contribution is -0.168. The fraction of sp³-hybridized carbons (Fsp3) is 0.433. The van der Waals surface area contributed by atoms with Crippen molar-refractivity contribution in [2.45, 2.75) is 76.9 Å². The Morgan fingerprint density at radius 3 is 2.39 bits per heavy atom. The van der Waals surface area contributed by atoms with Gasteiger partial charge in [0.05, 0.1) is 18.9 Å².